The van der Waals surface area contributed by atoms with E-state index in [1.165, 1.54) is 0 Å². The minimum atomic E-state index is -0.0573. The van der Waals surface area contributed by atoms with Crippen LogP contribution < -0.4 is 9.47 Å². The van der Waals surface area contributed by atoms with Crippen molar-refractivity contribution in [3.8, 4) is 11.5 Å². The highest BCUT2D eigenvalue weighted by Crippen LogP contribution is 2.28. The van der Waals surface area contributed by atoms with E-state index in [0.717, 1.165) is 10.4 Å². The number of hydrogen-bond acceptors (Lipinski definition) is 4. The van der Waals surface area contributed by atoms with Gasteiger partial charge in [0.1, 0.15) is 0 Å². The smallest absolute Gasteiger partial charge is 0.247 e. The second-order valence-electron chi connectivity index (χ2n) is 5.03. The first kappa shape index (κ1) is 17.8. The Morgan fingerprint density at radius 3 is 2.67 bits per heavy atom. The van der Waals surface area contributed by atoms with Gasteiger partial charge in [0.05, 0.1) is 20.8 Å². The molecule has 0 saturated heterocycles. The summed E-state index contributed by atoms with van der Waals surface area (Å²) in [6, 6.07) is 9.53. The van der Waals surface area contributed by atoms with E-state index in [4.69, 9.17) is 9.47 Å². The summed E-state index contributed by atoms with van der Waals surface area (Å²) in [5.74, 6) is 1.23. The molecule has 0 unspecified atom stereocenters. The molecule has 0 N–H and O–H groups in total. The minimum absolute atomic E-state index is 0.0573. The van der Waals surface area contributed by atoms with E-state index < -0.39 is 0 Å². The SMILES string of the molecule is C=CCN(Cc1cccs1)C(=O)/C=C/c1ccc(OC)c(OC)c1. The van der Waals surface area contributed by atoms with Gasteiger partial charge in [-0.05, 0) is 35.2 Å². The molecule has 0 spiro atoms. The molecule has 0 saturated carbocycles. The molecule has 2 aromatic rings. The fourth-order valence-corrected chi connectivity index (χ4v) is 2.93. The number of carbonyl (C=O) groups excluding carboxylic acids is 1. The van der Waals surface area contributed by atoms with E-state index in [1.54, 1.807) is 48.7 Å². The fourth-order valence-electron chi connectivity index (χ4n) is 2.21. The average Bonchev–Trinajstić information content (AvgIpc) is 3.12. The number of ether oxygens (including phenoxy) is 2. The van der Waals surface area contributed by atoms with Crippen LogP contribution in [0.5, 0.6) is 11.5 Å². The van der Waals surface area contributed by atoms with Crippen molar-refractivity contribution >= 4 is 23.3 Å². The Kier molecular flexibility index (Phi) is 6.63. The quantitative estimate of drug-likeness (QED) is 0.537. The number of thiophene rings is 1. The fraction of sp³-hybridized carbons (Fsp3) is 0.211. The summed E-state index contributed by atoms with van der Waals surface area (Å²) in [4.78, 5) is 15.3. The van der Waals surface area contributed by atoms with Crippen LogP contribution >= 0.6 is 11.3 Å². The number of nitrogens with zero attached hydrogens (tertiary/aromatic N) is 1. The van der Waals surface area contributed by atoms with Crippen LogP contribution in [-0.2, 0) is 11.3 Å². The van der Waals surface area contributed by atoms with Gasteiger partial charge in [-0.1, -0.05) is 18.2 Å². The van der Waals surface area contributed by atoms with Gasteiger partial charge in [0.25, 0.3) is 0 Å². The number of benzene rings is 1. The van der Waals surface area contributed by atoms with Crippen molar-refractivity contribution in [3.05, 3.63) is 64.9 Å². The Labute approximate surface area is 146 Å². The standard InChI is InChI=1S/C19H21NO3S/c1-4-11-20(14-16-6-5-12-24-16)19(21)10-8-15-7-9-17(22-2)18(13-15)23-3/h4-10,12-13H,1,11,14H2,2-3H3/b10-8+. The summed E-state index contributed by atoms with van der Waals surface area (Å²) < 4.78 is 10.5. The first-order valence-electron chi connectivity index (χ1n) is 7.50. The largest absolute Gasteiger partial charge is 0.493 e. The van der Waals surface area contributed by atoms with Crippen LogP contribution in [0.3, 0.4) is 0 Å². The zero-order valence-electron chi connectivity index (χ0n) is 13.9. The van der Waals surface area contributed by atoms with Crippen LogP contribution in [0, 0.1) is 0 Å². The van der Waals surface area contributed by atoms with E-state index in [9.17, 15) is 4.79 Å². The Hall–Kier alpha value is -2.53. The highest BCUT2D eigenvalue weighted by molar-refractivity contribution is 7.09. The summed E-state index contributed by atoms with van der Waals surface area (Å²) in [6.45, 7) is 4.82. The molecule has 126 valence electrons. The molecule has 0 bridgehead atoms. The normalized spacial score (nSPS) is 10.6. The molecule has 1 aromatic carbocycles. The van der Waals surface area contributed by atoms with Crippen molar-refractivity contribution < 1.29 is 14.3 Å². The topological polar surface area (TPSA) is 38.8 Å². The van der Waals surface area contributed by atoms with Gasteiger partial charge < -0.3 is 14.4 Å². The summed E-state index contributed by atoms with van der Waals surface area (Å²) in [6.07, 6.45) is 5.07. The van der Waals surface area contributed by atoms with Gasteiger partial charge in [0, 0.05) is 17.5 Å². The average molecular weight is 343 g/mol. The van der Waals surface area contributed by atoms with Crippen LogP contribution in [0.1, 0.15) is 10.4 Å². The molecule has 0 atom stereocenters. The lowest BCUT2D eigenvalue weighted by molar-refractivity contribution is -0.126. The molecule has 1 amide bonds. The summed E-state index contributed by atoms with van der Waals surface area (Å²) in [5, 5.41) is 2.01. The van der Waals surface area contributed by atoms with Gasteiger partial charge in [-0.15, -0.1) is 17.9 Å². The van der Waals surface area contributed by atoms with Gasteiger partial charge in [0.2, 0.25) is 5.91 Å². The van der Waals surface area contributed by atoms with Crippen molar-refractivity contribution in [1.29, 1.82) is 0 Å². The minimum Gasteiger partial charge on any atom is -0.493 e. The molecular weight excluding hydrogens is 322 g/mol. The summed E-state index contributed by atoms with van der Waals surface area (Å²) in [5.41, 5.74) is 0.871. The lowest BCUT2D eigenvalue weighted by Crippen LogP contribution is -2.28. The van der Waals surface area contributed by atoms with Gasteiger partial charge in [-0.2, -0.15) is 0 Å². The van der Waals surface area contributed by atoms with E-state index in [1.807, 2.05) is 35.7 Å². The molecule has 0 aliphatic carbocycles. The Balaban J connectivity index is 2.10. The number of methoxy groups -OCH3 is 2. The number of rotatable bonds is 8. The van der Waals surface area contributed by atoms with Crippen molar-refractivity contribution in [1.82, 2.24) is 4.90 Å². The number of hydrogen-bond donors (Lipinski definition) is 0. The van der Waals surface area contributed by atoms with Gasteiger partial charge in [0.15, 0.2) is 11.5 Å². The van der Waals surface area contributed by atoms with Crippen molar-refractivity contribution in [3.63, 3.8) is 0 Å². The second kappa shape index (κ2) is 8.93. The van der Waals surface area contributed by atoms with Crippen LogP contribution in [0.4, 0.5) is 0 Å². The Bertz CT molecular complexity index is 707. The molecule has 1 aromatic heterocycles. The number of carbonyl (C=O) groups is 1. The van der Waals surface area contributed by atoms with E-state index in [0.29, 0.717) is 24.6 Å². The first-order chi connectivity index (χ1) is 11.7. The van der Waals surface area contributed by atoms with E-state index in [2.05, 4.69) is 6.58 Å². The molecule has 4 nitrogen and oxygen atoms in total. The molecule has 24 heavy (non-hydrogen) atoms. The Morgan fingerprint density at radius 1 is 1.25 bits per heavy atom. The van der Waals surface area contributed by atoms with Crippen molar-refractivity contribution in [2.45, 2.75) is 6.54 Å². The zero-order chi connectivity index (χ0) is 17.4. The van der Waals surface area contributed by atoms with Crippen molar-refractivity contribution in [2.24, 2.45) is 0 Å². The Morgan fingerprint density at radius 2 is 2.04 bits per heavy atom. The third kappa shape index (κ3) is 4.73. The van der Waals surface area contributed by atoms with Gasteiger partial charge >= 0.3 is 0 Å². The second-order valence-corrected chi connectivity index (χ2v) is 6.07. The summed E-state index contributed by atoms with van der Waals surface area (Å²) >= 11 is 1.64. The predicted octanol–water partition coefficient (Wildman–Crippen LogP) is 3.99. The molecule has 0 aliphatic rings. The molecule has 0 radical (unpaired) electrons. The highest BCUT2D eigenvalue weighted by Gasteiger charge is 2.10. The molecule has 0 aliphatic heterocycles. The number of amides is 1. The molecule has 0 fully saturated rings. The molecule has 2 rings (SSSR count). The maximum atomic E-state index is 12.5. The lowest BCUT2D eigenvalue weighted by Gasteiger charge is -2.18. The van der Waals surface area contributed by atoms with E-state index in [-0.39, 0.29) is 5.91 Å². The monoisotopic (exact) mass is 343 g/mol. The maximum absolute atomic E-state index is 12.5. The van der Waals surface area contributed by atoms with Crippen LogP contribution in [0.2, 0.25) is 0 Å². The lowest BCUT2D eigenvalue weighted by atomic mass is 10.2. The third-order valence-electron chi connectivity index (χ3n) is 3.41. The maximum Gasteiger partial charge on any atom is 0.247 e. The van der Waals surface area contributed by atoms with Crippen LogP contribution in [-0.4, -0.2) is 31.6 Å². The predicted molar refractivity (Wildman–Crippen MR) is 98.5 cm³/mol. The van der Waals surface area contributed by atoms with Crippen LogP contribution in [0.15, 0.2) is 54.4 Å². The van der Waals surface area contributed by atoms with E-state index >= 15 is 0 Å². The molecule has 5 heteroatoms. The summed E-state index contributed by atoms with van der Waals surface area (Å²) in [7, 11) is 3.18. The van der Waals surface area contributed by atoms with Gasteiger partial charge in [-0.25, -0.2) is 0 Å². The van der Waals surface area contributed by atoms with Crippen molar-refractivity contribution in [2.75, 3.05) is 20.8 Å². The van der Waals surface area contributed by atoms with Gasteiger partial charge in [-0.3, -0.25) is 4.79 Å². The first-order valence-corrected chi connectivity index (χ1v) is 8.38. The van der Waals surface area contributed by atoms with Crippen LogP contribution in [0.25, 0.3) is 6.08 Å². The third-order valence-corrected chi connectivity index (χ3v) is 4.28. The molecular formula is C19H21NO3S. The zero-order valence-corrected chi connectivity index (χ0v) is 14.7. The highest BCUT2D eigenvalue weighted by atomic mass is 32.1. The molecule has 1 heterocycles.